The maximum absolute atomic E-state index is 13.8. The summed E-state index contributed by atoms with van der Waals surface area (Å²) < 4.78 is 13.3. The second-order valence-electron chi connectivity index (χ2n) is 8.58. The van der Waals surface area contributed by atoms with E-state index in [1.165, 1.54) is 0 Å². The molecule has 2 atom stereocenters. The largest absolute Gasteiger partial charge is 0.342 e. The summed E-state index contributed by atoms with van der Waals surface area (Å²) in [5, 5.41) is 0.485. The zero-order valence-corrected chi connectivity index (χ0v) is 18.3. The van der Waals surface area contributed by atoms with Crippen LogP contribution in [0.5, 0.6) is 0 Å². The lowest BCUT2D eigenvalue weighted by Gasteiger charge is -2.41. The highest BCUT2D eigenvalue weighted by molar-refractivity contribution is 6.30. The Morgan fingerprint density at radius 2 is 1.91 bits per heavy atom. The number of nitrogens with zero attached hydrogens (tertiary/aromatic N) is 6. The lowest BCUT2D eigenvalue weighted by atomic mass is 9.94. The van der Waals surface area contributed by atoms with Crippen LogP contribution in [-0.4, -0.2) is 56.4 Å². The number of amides is 1. The lowest BCUT2D eigenvalue weighted by Crippen LogP contribution is -2.54. The molecule has 1 saturated heterocycles. The van der Waals surface area contributed by atoms with E-state index < -0.39 is 5.82 Å². The minimum absolute atomic E-state index is 0.0545. The molecule has 2 aliphatic rings. The fourth-order valence-corrected chi connectivity index (χ4v) is 5.17. The number of carbonyl (C=O) groups is 1. The van der Waals surface area contributed by atoms with Crippen molar-refractivity contribution in [2.45, 2.75) is 24.8 Å². The second kappa shape index (κ2) is 8.09. The summed E-state index contributed by atoms with van der Waals surface area (Å²) in [6.07, 6.45) is 8.36. The monoisotopic (exact) mass is 452 g/mol. The highest BCUT2D eigenvalue weighted by Crippen LogP contribution is 2.48. The summed E-state index contributed by atoms with van der Waals surface area (Å²) in [5.74, 6) is 0.821. The first-order chi connectivity index (χ1) is 15.4. The number of fused-ring (bicyclic) bond motifs is 2. The summed E-state index contributed by atoms with van der Waals surface area (Å²) >= 11 is 5.93. The number of carbonyl (C=O) groups excluding carboxylic acids is 1. The summed E-state index contributed by atoms with van der Waals surface area (Å²) in [5.41, 5.74) is 0.831. The first kappa shape index (κ1) is 20.8. The van der Waals surface area contributed by atoms with Gasteiger partial charge in [0, 0.05) is 25.7 Å². The van der Waals surface area contributed by atoms with Crippen molar-refractivity contribution >= 4 is 23.5 Å². The molecule has 7 nitrogen and oxygen atoms in total. The molecule has 2 bridgehead atoms. The van der Waals surface area contributed by atoms with E-state index in [-0.39, 0.29) is 11.4 Å². The number of hydrogen-bond acceptors (Lipinski definition) is 6. The van der Waals surface area contributed by atoms with E-state index in [0.29, 0.717) is 46.9 Å². The molecule has 3 aromatic rings. The highest BCUT2D eigenvalue weighted by Gasteiger charge is 2.53. The second-order valence-corrected chi connectivity index (χ2v) is 9.01. The Labute approximate surface area is 190 Å². The van der Waals surface area contributed by atoms with Crippen LogP contribution in [0.4, 0.5) is 10.3 Å². The van der Waals surface area contributed by atoms with Gasteiger partial charge in [-0.25, -0.2) is 24.3 Å². The number of piperidine rings is 1. The van der Waals surface area contributed by atoms with Crippen LogP contribution in [0.15, 0.2) is 49.1 Å². The molecule has 1 aliphatic heterocycles. The fraction of sp³-hybridized carbons (Fsp3) is 0.348. The summed E-state index contributed by atoms with van der Waals surface area (Å²) in [7, 11) is 1.94. The third-order valence-corrected chi connectivity index (χ3v) is 6.64. The number of benzene rings is 1. The van der Waals surface area contributed by atoms with E-state index in [9.17, 15) is 9.18 Å². The van der Waals surface area contributed by atoms with E-state index in [1.54, 1.807) is 24.5 Å². The smallest absolute Gasteiger partial charge is 0.255 e. The number of halogens is 2. The molecular formula is C23H22ClFN6O. The summed E-state index contributed by atoms with van der Waals surface area (Å²) in [4.78, 5) is 34.6. The Balaban J connectivity index is 1.45. The maximum Gasteiger partial charge on any atom is 0.255 e. The molecule has 9 heteroatoms. The van der Waals surface area contributed by atoms with Gasteiger partial charge in [-0.1, -0.05) is 29.8 Å². The van der Waals surface area contributed by atoms with Crippen molar-refractivity contribution in [2.24, 2.45) is 5.92 Å². The first-order valence-electron chi connectivity index (χ1n) is 10.5. The number of anilines is 1. The molecule has 1 saturated carbocycles. The normalized spacial score (nSPS) is 21.7. The highest BCUT2D eigenvalue weighted by atomic mass is 35.5. The van der Waals surface area contributed by atoms with Crippen molar-refractivity contribution < 1.29 is 9.18 Å². The van der Waals surface area contributed by atoms with Gasteiger partial charge in [-0.05, 0) is 31.2 Å². The summed E-state index contributed by atoms with van der Waals surface area (Å²) in [6.45, 7) is 1.35. The molecule has 2 unspecified atom stereocenters. The van der Waals surface area contributed by atoms with Gasteiger partial charge in [0.1, 0.15) is 0 Å². The summed E-state index contributed by atoms with van der Waals surface area (Å²) in [6, 6.07) is 7.25. The molecule has 32 heavy (non-hydrogen) atoms. The maximum atomic E-state index is 13.8. The first-order valence-corrected chi connectivity index (χ1v) is 10.9. The van der Waals surface area contributed by atoms with Crippen molar-refractivity contribution in [2.75, 3.05) is 25.0 Å². The Morgan fingerprint density at radius 3 is 2.62 bits per heavy atom. The van der Waals surface area contributed by atoms with E-state index >= 15 is 0 Å². The van der Waals surface area contributed by atoms with Gasteiger partial charge >= 0.3 is 0 Å². The average molecular weight is 453 g/mol. The predicted molar refractivity (Wildman–Crippen MR) is 119 cm³/mol. The Hall–Kier alpha value is -3.13. The molecule has 0 spiro atoms. The molecule has 164 valence electrons. The quantitative estimate of drug-likeness (QED) is 0.585. The molecule has 3 heterocycles. The lowest BCUT2D eigenvalue weighted by molar-refractivity contribution is 0.0557. The van der Waals surface area contributed by atoms with Crippen molar-refractivity contribution in [3.63, 3.8) is 0 Å². The van der Waals surface area contributed by atoms with Gasteiger partial charge in [-0.2, -0.15) is 0 Å². The minimum Gasteiger partial charge on any atom is -0.342 e. The Kier molecular flexibility index (Phi) is 5.25. The van der Waals surface area contributed by atoms with E-state index in [2.05, 4.69) is 19.9 Å². The van der Waals surface area contributed by atoms with Crippen LogP contribution in [0.1, 0.15) is 29.6 Å². The number of aromatic nitrogens is 4. The zero-order chi connectivity index (χ0) is 22.3. The molecule has 2 aromatic heterocycles. The van der Waals surface area contributed by atoms with Crippen molar-refractivity contribution in [3.05, 3.63) is 65.5 Å². The van der Waals surface area contributed by atoms with Gasteiger partial charge < -0.3 is 9.80 Å². The van der Waals surface area contributed by atoms with E-state index in [1.807, 2.05) is 29.0 Å². The molecule has 0 N–H and O–H groups in total. The standard InChI is InChI=1S/C23H22ClFN6O/c1-30(22-28-9-16(24)10-29-22)14-23-7-6-15(8-23)13-31(23)21(32)19-5-3-2-4-18(19)20-26-11-17(25)12-27-20/h2-5,9-12,15H,6-8,13-14H2,1H3. The number of hydrogen-bond donors (Lipinski definition) is 0. The van der Waals surface area contributed by atoms with Crippen molar-refractivity contribution in [1.29, 1.82) is 0 Å². The van der Waals surface area contributed by atoms with Gasteiger partial charge in [0.15, 0.2) is 11.6 Å². The van der Waals surface area contributed by atoms with Crippen LogP contribution >= 0.6 is 11.6 Å². The Morgan fingerprint density at radius 1 is 1.19 bits per heavy atom. The SMILES string of the molecule is CN(CC12CCC(CN1C(=O)c1ccccc1-c1ncc(F)cn1)C2)c1ncc(Cl)cn1. The number of rotatable bonds is 5. The van der Waals surface area contributed by atoms with E-state index in [4.69, 9.17) is 11.6 Å². The van der Waals surface area contributed by atoms with Crippen molar-refractivity contribution in [1.82, 2.24) is 24.8 Å². The molecule has 2 fully saturated rings. The fourth-order valence-electron chi connectivity index (χ4n) is 5.07. The van der Waals surface area contributed by atoms with Gasteiger partial charge in [-0.15, -0.1) is 0 Å². The van der Waals surface area contributed by atoms with E-state index in [0.717, 1.165) is 31.7 Å². The number of likely N-dealkylation sites (N-methyl/N-ethyl adjacent to an activating group) is 1. The molecule has 1 aliphatic carbocycles. The topological polar surface area (TPSA) is 75.1 Å². The van der Waals surface area contributed by atoms with Gasteiger partial charge in [-0.3, -0.25) is 4.79 Å². The van der Waals surface area contributed by atoms with Gasteiger partial charge in [0.2, 0.25) is 5.95 Å². The van der Waals surface area contributed by atoms with Crippen LogP contribution < -0.4 is 4.90 Å². The molecule has 1 aromatic carbocycles. The van der Waals surface area contributed by atoms with Crippen LogP contribution in [0.3, 0.4) is 0 Å². The van der Waals surface area contributed by atoms with Crippen LogP contribution in [0.2, 0.25) is 5.02 Å². The molecule has 1 amide bonds. The molecular weight excluding hydrogens is 431 g/mol. The van der Waals surface area contributed by atoms with Gasteiger partial charge in [0.05, 0.1) is 40.9 Å². The Bertz CT molecular complexity index is 1140. The third-order valence-electron chi connectivity index (χ3n) is 6.44. The van der Waals surface area contributed by atoms with Crippen LogP contribution in [0, 0.1) is 11.7 Å². The minimum atomic E-state index is -0.513. The average Bonchev–Trinajstić information content (AvgIpc) is 3.37. The predicted octanol–water partition coefficient (Wildman–Crippen LogP) is 3.86. The molecule has 5 rings (SSSR count). The number of likely N-dealkylation sites (tertiary alicyclic amines) is 1. The third kappa shape index (κ3) is 3.68. The van der Waals surface area contributed by atoms with Crippen LogP contribution in [-0.2, 0) is 0 Å². The van der Waals surface area contributed by atoms with Gasteiger partial charge in [0.25, 0.3) is 5.91 Å². The van der Waals surface area contributed by atoms with Crippen LogP contribution in [0.25, 0.3) is 11.4 Å². The van der Waals surface area contributed by atoms with Crippen molar-refractivity contribution in [3.8, 4) is 11.4 Å². The zero-order valence-electron chi connectivity index (χ0n) is 17.6. The molecule has 0 radical (unpaired) electrons.